The van der Waals surface area contributed by atoms with E-state index >= 15 is 0 Å². The molecule has 0 heterocycles. The standard InChI is InChI=1S/C13H30N2O/c1-7-14-10-13(11(2)3)15(12(4)5)8-9-16-6/h11-14H,7-10H2,1-6H3. The first-order valence-electron chi connectivity index (χ1n) is 6.49. The molecule has 1 N–H and O–H groups in total. The van der Waals surface area contributed by atoms with Gasteiger partial charge in [-0.25, -0.2) is 0 Å². The lowest BCUT2D eigenvalue weighted by Gasteiger charge is -2.37. The van der Waals surface area contributed by atoms with E-state index in [1.54, 1.807) is 7.11 Å². The second-order valence-corrected chi connectivity index (χ2v) is 4.94. The fourth-order valence-electron chi connectivity index (χ4n) is 2.03. The Balaban J connectivity index is 4.39. The van der Waals surface area contributed by atoms with E-state index < -0.39 is 0 Å². The third-order valence-corrected chi connectivity index (χ3v) is 3.02. The molecule has 0 saturated carbocycles. The Hall–Kier alpha value is -0.120. The average Bonchev–Trinajstić information content (AvgIpc) is 2.21. The molecule has 0 fully saturated rings. The van der Waals surface area contributed by atoms with Gasteiger partial charge in [0.05, 0.1) is 6.61 Å². The fourth-order valence-corrected chi connectivity index (χ4v) is 2.03. The van der Waals surface area contributed by atoms with Crippen LogP contribution in [0.1, 0.15) is 34.6 Å². The molecule has 0 aromatic carbocycles. The molecular weight excluding hydrogens is 200 g/mol. The van der Waals surface area contributed by atoms with Crippen LogP contribution in [0.2, 0.25) is 0 Å². The fraction of sp³-hybridized carbons (Fsp3) is 1.00. The normalized spacial score (nSPS) is 14.1. The van der Waals surface area contributed by atoms with Crippen molar-refractivity contribution in [2.24, 2.45) is 5.92 Å². The summed E-state index contributed by atoms with van der Waals surface area (Å²) in [6, 6.07) is 1.16. The largest absolute Gasteiger partial charge is 0.383 e. The van der Waals surface area contributed by atoms with E-state index in [1.165, 1.54) is 0 Å². The Morgan fingerprint density at radius 1 is 1.19 bits per heavy atom. The van der Waals surface area contributed by atoms with Gasteiger partial charge in [0, 0.05) is 32.3 Å². The predicted molar refractivity (Wildman–Crippen MR) is 70.9 cm³/mol. The van der Waals surface area contributed by atoms with Crippen LogP contribution in [0.5, 0.6) is 0 Å². The topological polar surface area (TPSA) is 24.5 Å². The number of rotatable bonds is 9. The van der Waals surface area contributed by atoms with Crippen LogP contribution in [0.4, 0.5) is 0 Å². The zero-order valence-corrected chi connectivity index (χ0v) is 11.9. The van der Waals surface area contributed by atoms with Gasteiger partial charge in [0.2, 0.25) is 0 Å². The summed E-state index contributed by atoms with van der Waals surface area (Å²) in [5.41, 5.74) is 0. The zero-order valence-electron chi connectivity index (χ0n) is 11.9. The van der Waals surface area contributed by atoms with Gasteiger partial charge in [-0.2, -0.15) is 0 Å². The molecule has 3 nitrogen and oxygen atoms in total. The van der Waals surface area contributed by atoms with Crippen molar-refractivity contribution in [3.05, 3.63) is 0 Å². The molecule has 0 aromatic heterocycles. The van der Waals surface area contributed by atoms with Crippen LogP contribution < -0.4 is 5.32 Å². The minimum Gasteiger partial charge on any atom is -0.383 e. The van der Waals surface area contributed by atoms with Crippen LogP contribution in [0.3, 0.4) is 0 Å². The van der Waals surface area contributed by atoms with Gasteiger partial charge in [0.25, 0.3) is 0 Å². The summed E-state index contributed by atoms with van der Waals surface area (Å²) in [6.07, 6.45) is 0. The Morgan fingerprint density at radius 3 is 2.19 bits per heavy atom. The first kappa shape index (κ1) is 15.9. The molecular formula is C13H30N2O. The van der Waals surface area contributed by atoms with Gasteiger partial charge >= 0.3 is 0 Å². The van der Waals surface area contributed by atoms with Gasteiger partial charge < -0.3 is 10.1 Å². The highest BCUT2D eigenvalue weighted by molar-refractivity contribution is 4.79. The van der Waals surface area contributed by atoms with Crippen LogP contribution >= 0.6 is 0 Å². The number of nitrogens with zero attached hydrogens (tertiary/aromatic N) is 1. The summed E-state index contributed by atoms with van der Waals surface area (Å²) in [5, 5.41) is 3.46. The lowest BCUT2D eigenvalue weighted by atomic mass is 10.0. The molecule has 0 aromatic rings. The minimum atomic E-state index is 0.571. The van der Waals surface area contributed by atoms with Gasteiger partial charge in [0.15, 0.2) is 0 Å². The second-order valence-electron chi connectivity index (χ2n) is 4.94. The van der Waals surface area contributed by atoms with Gasteiger partial charge in [-0.15, -0.1) is 0 Å². The van der Waals surface area contributed by atoms with Crippen molar-refractivity contribution in [2.45, 2.75) is 46.7 Å². The zero-order chi connectivity index (χ0) is 12.6. The molecule has 3 heteroatoms. The van der Waals surface area contributed by atoms with Crippen molar-refractivity contribution >= 4 is 0 Å². The van der Waals surface area contributed by atoms with Crippen molar-refractivity contribution in [3.8, 4) is 0 Å². The van der Waals surface area contributed by atoms with Crippen LogP contribution in [0.15, 0.2) is 0 Å². The van der Waals surface area contributed by atoms with Crippen molar-refractivity contribution < 1.29 is 4.74 Å². The molecule has 98 valence electrons. The SMILES string of the molecule is CCNCC(C(C)C)N(CCOC)C(C)C. The Kier molecular flexibility index (Phi) is 8.90. The third-order valence-electron chi connectivity index (χ3n) is 3.02. The van der Waals surface area contributed by atoms with E-state index in [2.05, 4.69) is 44.8 Å². The first-order valence-corrected chi connectivity index (χ1v) is 6.49. The summed E-state index contributed by atoms with van der Waals surface area (Å²) in [7, 11) is 1.77. The number of hydrogen-bond donors (Lipinski definition) is 1. The van der Waals surface area contributed by atoms with Crippen LogP contribution in [0.25, 0.3) is 0 Å². The predicted octanol–water partition coefficient (Wildman–Crippen LogP) is 1.98. The molecule has 0 radical (unpaired) electrons. The van der Waals surface area contributed by atoms with Crippen molar-refractivity contribution in [3.63, 3.8) is 0 Å². The maximum absolute atomic E-state index is 5.19. The molecule has 16 heavy (non-hydrogen) atoms. The monoisotopic (exact) mass is 230 g/mol. The summed E-state index contributed by atoms with van der Waals surface area (Å²) in [6.45, 7) is 15.2. The quantitative estimate of drug-likeness (QED) is 0.655. The number of nitrogens with one attached hydrogen (secondary N) is 1. The molecule has 0 rings (SSSR count). The molecule has 0 aliphatic carbocycles. The van der Waals surface area contributed by atoms with Crippen molar-refractivity contribution in [1.29, 1.82) is 0 Å². The van der Waals surface area contributed by atoms with E-state index in [-0.39, 0.29) is 0 Å². The van der Waals surface area contributed by atoms with E-state index in [9.17, 15) is 0 Å². The van der Waals surface area contributed by atoms with Crippen LogP contribution in [-0.4, -0.2) is 50.3 Å². The number of ether oxygens (including phenoxy) is 1. The summed E-state index contributed by atoms with van der Waals surface area (Å²) in [5.74, 6) is 0.665. The summed E-state index contributed by atoms with van der Waals surface area (Å²) in [4.78, 5) is 2.54. The maximum Gasteiger partial charge on any atom is 0.0589 e. The Labute approximate surface area is 102 Å². The Bertz CT molecular complexity index is 142. The highest BCUT2D eigenvalue weighted by Crippen LogP contribution is 2.13. The first-order chi connectivity index (χ1) is 7.54. The van der Waals surface area contributed by atoms with Gasteiger partial charge in [0.1, 0.15) is 0 Å². The highest BCUT2D eigenvalue weighted by Gasteiger charge is 2.23. The van der Waals surface area contributed by atoms with E-state index in [0.29, 0.717) is 18.0 Å². The van der Waals surface area contributed by atoms with Gasteiger partial charge in [-0.3, -0.25) is 4.90 Å². The van der Waals surface area contributed by atoms with Crippen molar-refractivity contribution in [1.82, 2.24) is 10.2 Å². The van der Waals surface area contributed by atoms with E-state index in [4.69, 9.17) is 4.74 Å². The smallest absolute Gasteiger partial charge is 0.0589 e. The summed E-state index contributed by atoms with van der Waals surface area (Å²) >= 11 is 0. The van der Waals surface area contributed by atoms with Gasteiger partial charge in [-0.1, -0.05) is 20.8 Å². The number of likely N-dealkylation sites (N-methyl/N-ethyl adjacent to an activating group) is 1. The lowest BCUT2D eigenvalue weighted by Crippen LogP contribution is -2.50. The van der Waals surface area contributed by atoms with E-state index in [1.807, 2.05) is 0 Å². The molecule has 1 atom stereocenters. The molecule has 0 spiro atoms. The molecule has 1 unspecified atom stereocenters. The van der Waals surface area contributed by atoms with Crippen LogP contribution in [-0.2, 0) is 4.74 Å². The van der Waals surface area contributed by atoms with Crippen molar-refractivity contribution in [2.75, 3.05) is 33.4 Å². The van der Waals surface area contributed by atoms with Gasteiger partial charge in [-0.05, 0) is 26.3 Å². The molecule has 0 saturated heterocycles. The average molecular weight is 230 g/mol. The molecule has 0 aliphatic heterocycles. The van der Waals surface area contributed by atoms with E-state index in [0.717, 1.165) is 26.2 Å². The molecule has 0 aliphatic rings. The molecule has 0 amide bonds. The Morgan fingerprint density at radius 2 is 1.81 bits per heavy atom. The maximum atomic E-state index is 5.19. The summed E-state index contributed by atoms with van der Waals surface area (Å²) < 4.78 is 5.19. The number of methoxy groups -OCH3 is 1. The van der Waals surface area contributed by atoms with Crippen LogP contribution in [0, 0.1) is 5.92 Å². The third kappa shape index (κ3) is 5.83. The highest BCUT2D eigenvalue weighted by atomic mass is 16.5. The minimum absolute atomic E-state index is 0.571. The molecule has 0 bridgehead atoms. The lowest BCUT2D eigenvalue weighted by molar-refractivity contribution is 0.0755. The second kappa shape index (κ2) is 8.97. The number of hydrogen-bond acceptors (Lipinski definition) is 3.